The van der Waals surface area contributed by atoms with Gasteiger partial charge in [-0.2, -0.15) is 0 Å². The lowest BCUT2D eigenvalue weighted by atomic mass is 9.98. The second-order valence-corrected chi connectivity index (χ2v) is 7.83. The first-order valence-corrected chi connectivity index (χ1v) is 9.02. The van der Waals surface area contributed by atoms with Crippen LogP contribution in [0.25, 0.3) is 0 Å². The number of benzene rings is 1. The van der Waals surface area contributed by atoms with Gasteiger partial charge in [-0.25, -0.2) is 12.7 Å². The Kier molecular flexibility index (Phi) is 4.91. The van der Waals surface area contributed by atoms with Gasteiger partial charge in [0.15, 0.2) is 0 Å². The maximum absolute atomic E-state index is 12.3. The van der Waals surface area contributed by atoms with Crippen molar-refractivity contribution in [1.29, 1.82) is 0 Å². The Balaban J connectivity index is 2.08. The molecule has 1 fully saturated rings. The highest BCUT2D eigenvalue weighted by Gasteiger charge is 2.30. The van der Waals surface area contributed by atoms with Crippen LogP contribution < -0.4 is 5.32 Å². The zero-order valence-electron chi connectivity index (χ0n) is 12.1. The van der Waals surface area contributed by atoms with Crippen molar-refractivity contribution in [3.05, 3.63) is 28.8 Å². The molecule has 1 heterocycles. The third-order valence-electron chi connectivity index (χ3n) is 3.68. The van der Waals surface area contributed by atoms with Crippen molar-refractivity contribution in [2.45, 2.75) is 19.8 Å². The molecule has 0 spiro atoms. The van der Waals surface area contributed by atoms with Crippen LogP contribution in [0.2, 0.25) is 5.02 Å². The average Bonchev–Trinajstić information content (AvgIpc) is 2.42. The summed E-state index contributed by atoms with van der Waals surface area (Å²) in [5.41, 5.74) is 1.59. The zero-order chi connectivity index (χ0) is 15.6. The molecule has 1 aliphatic heterocycles. The Labute approximate surface area is 130 Å². The van der Waals surface area contributed by atoms with Crippen molar-refractivity contribution in [2.75, 3.05) is 24.7 Å². The molecule has 0 unspecified atom stereocenters. The Bertz CT molecular complexity index is 646. The second kappa shape index (κ2) is 6.34. The first-order chi connectivity index (χ1) is 9.77. The molecule has 116 valence electrons. The van der Waals surface area contributed by atoms with Crippen LogP contribution in [-0.2, 0) is 14.8 Å². The summed E-state index contributed by atoms with van der Waals surface area (Å²) >= 11 is 5.93. The summed E-state index contributed by atoms with van der Waals surface area (Å²) in [5.74, 6) is -0.486. The first-order valence-electron chi connectivity index (χ1n) is 6.79. The van der Waals surface area contributed by atoms with E-state index in [2.05, 4.69) is 5.32 Å². The lowest BCUT2D eigenvalue weighted by Crippen LogP contribution is -2.43. The second-order valence-electron chi connectivity index (χ2n) is 5.41. The standard InChI is InChI=1S/C14H19ClN2O3S/c1-10-5-6-12(15)8-13(10)16-14(18)11-4-3-7-17(9-11)21(2,19)20/h5-6,8,11H,3-4,7,9H2,1-2H3,(H,16,18)/t11-/m0/s1. The van der Waals surface area contributed by atoms with E-state index in [1.54, 1.807) is 12.1 Å². The Morgan fingerprint density at radius 1 is 1.43 bits per heavy atom. The summed E-state index contributed by atoms with van der Waals surface area (Å²) in [6.07, 6.45) is 2.56. The molecule has 1 amide bonds. The molecular formula is C14H19ClN2O3S. The molecule has 2 rings (SSSR count). The van der Waals surface area contributed by atoms with Crippen molar-refractivity contribution < 1.29 is 13.2 Å². The monoisotopic (exact) mass is 330 g/mol. The van der Waals surface area contributed by atoms with Gasteiger partial charge < -0.3 is 5.32 Å². The summed E-state index contributed by atoms with van der Waals surface area (Å²) in [7, 11) is -3.25. The van der Waals surface area contributed by atoms with Crippen molar-refractivity contribution in [3.8, 4) is 0 Å². The van der Waals surface area contributed by atoms with Crippen LogP contribution >= 0.6 is 11.6 Å². The number of carbonyl (C=O) groups excluding carboxylic acids is 1. The van der Waals surface area contributed by atoms with Crippen LogP contribution in [0.4, 0.5) is 5.69 Å². The molecule has 0 bridgehead atoms. The third kappa shape index (κ3) is 4.18. The van der Waals surface area contributed by atoms with Gasteiger partial charge in [0.25, 0.3) is 0 Å². The van der Waals surface area contributed by atoms with E-state index in [-0.39, 0.29) is 18.4 Å². The van der Waals surface area contributed by atoms with Crippen LogP contribution in [0, 0.1) is 12.8 Å². The number of amides is 1. The normalized spacial score (nSPS) is 20.2. The number of piperidine rings is 1. The van der Waals surface area contributed by atoms with E-state index in [9.17, 15) is 13.2 Å². The molecule has 1 N–H and O–H groups in total. The van der Waals surface area contributed by atoms with Crippen molar-refractivity contribution in [3.63, 3.8) is 0 Å². The van der Waals surface area contributed by atoms with Crippen molar-refractivity contribution in [1.82, 2.24) is 4.31 Å². The van der Waals surface area contributed by atoms with E-state index in [0.29, 0.717) is 30.1 Å². The molecule has 0 saturated carbocycles. The fraction of sp³-hybridized carbons (Fsp3) is 0.500. The van der Waals surface area contributed by atoms with Crippen molar-refractivity contribution >= 4 is 33.2 Å². The van der Waals surface area contributed by atoms with Gasteiger partial charge in [0, 0.05) is 23.8 Å². The van der Waals surface area contributed by atoms with Gasteiger partial charge in [0.2, 0.25) is 15.9 Å². The lowest BCUT2D eigenvalue weighted by molar-refractivity contribution is -0.120. The van der Waals surface area contributed by atoms with Crippen LogP contribution in [0.5, 0.6) is 0 Å². The summed E-state index contributed by atoms with van der Waals surface area (Å²) < 4.78 is 24.5. The Hall–Kier alpha value is -1.11. The maximum atomic E-state index is 12.3. The quantitative estimate of drug-likeness (QED) is 0.924. The molecule has 5 nitrogen and oxygen atoms in total. The third-order valence-corrected chi connectivity index (χ3v) is 5.19. The molecule has 21 heavy (non-hydrogen) atoms. The minimum absolute atomic E-state index is 0.159. The van der Waals surface area contributed by atoms with Crippen LogP contribution in [0.3, 0.4) is 0 Å². The zero-order valence-corrected chi connectivity index (χ0v) is 13.7. The number of nitrogens with zero attached hydrogens (tertiary/aromatic N) is 1. The minimum Gasteiger partial charge on any atom is -0.326 e. The number of halogens is 1. The summed E-state index contributed by atoms with van der Waals surface area (Å²) in [6.45, 7) is 2.61. The highest BCUT2D eigenvalue weighted by atomic mass is 35.5. The number of hydrogen-bond acceptors (Lipinski definition) is 3. The smallest absolute Gasteiger partial charge is 0.228 e. The number of nitrogens with one attached hydrogen (secondary N) is 1. The van der Waals surface area contributed by atoms with Gasteiger partial charge in [-0.15, -0.1) is 0 Å². The number of anilines is 1. The molecule has 1 aromatic rings. The number of carbonyl (C=O) groups is 1. The van der Waals surface area contributed by atoms with E-state index in [4.69, 9.17) is 11.6 Å². The van der Waals surface area contributed by atoms with E-state index in [0.717, 1.165) is 5.56 Å². The molecular weight excluding hydrogens is 312 g/mol. The molecule has 1 atom stereocenters. The van der Waals surface area contributed by atoms with Crippen LogP contribution in [-0.4, -0.2) is 38.0 Å². The summed E-state index contributed by atoms with van der Waals surface area (Å²) in [4.78, 5) is 12.3. The Morgan fingerprint density at radius 3 is 2.81 bits per heavy atom. The maximum Gasteiger partial charge on any atom is 0.228 e. The van der Waals surface area contributed by atoms with Gasteiger partial charge in [-0.05, 0) is 37.5 Å². The Morgan fingerprint density at radius 2 is 2.14 bits per heavy atom. The molecule has 0 aliphatic carbocycles. The fourth-order valence-corrected chi connectivity index (χ4v) is 3.50. The first kappa shape index (κ1) is 16.3. The van der Waals surface area contributed by atoms with E-state index in [1.165, 1.54) is 10.6 Å². The van der Waals surface area contributed by atoms with Gasteiger partial charge in [0.1, 0.15) is 0 Å². The topological polar surface area (TPSA) is 66.5 Å². The van der Waals surface area contributed by atoms with E-state index in [1.807, 2.05) is 13.0 Å². The number of rotatable bonds is 3. The van der Waals surface area contributed by atoms with E-state index < -0.39 is 10.0 Å². The minimum atomic E-state index is -3.25. The van der Waals surface area contributed by atoms with Crippen LogP contribution in [0.1, 0.15) is 18.4 Å². The van der Waals surface area contributed by atoms with Crippen molar-refractivity contribution in [2.24, 2.45) is 5.92 Å². The molecule has 0 aromatic heterocycles. The van der Waals surface area contributed by atoms with Crippen LogP contribution in [0.15, 0.2) is 18.2 Å². The number of aryl methyl sites for hydroxylation is 1. The molecule has 1 aromatic carbocycles. The number of hydrogen-bond donors (Lipinski definition) is 1. The summed E-state index contributed by atoms with van der Waals surface area (Å²) in [5, 5.41) is 3.40. The van der Waals surface area contributed by atoms with E-state index >= 15 is 0 Å². The SMILES string of the molecule is Cc1ccc(Cl)cc1NC(=O)[C@H]1CCCN(S(C)(=O)=O)C1. The molecule has 0 radical (unpaired) electrons. The van der Waals surface area contributed by atoms with Gasteiger partial charge in [-0.3, -0.25) is 4.79 Å². The van der Waals surface area contributed by atoms with Gasteiger partial charge in [-0.1, -0.05) is 17.7 Å². The molecule has 1 saturated heterocycles. The average molecular weight is 331 g/mol. The van der Waals surface area contributed by atoms with Gasteiger partial charge >= 0.3 is 0 Å². The fourth-order valence-electron chi connectivity index (χ4n) is 2.42. The summed E-state index contributed by atoms with van der Waals surface area (Å²) in [6, 6.07) is 5.30. The predicted octanol–water partition coefficient (Wildman–Crippen LogP) is 2.26. The highest BCUT2D eigenvalue weighted by molar-refractivity contribution is 7.88. The number of sulfonamides is 1. The largest absolute Gasteiger partial charge is 0.326 e. The predicted molar refractivity (Wildman–Crippen MR) is 84.0 cm³/mol. The molecule has 7 heteroatoms. The lowest BCUT2D eigenvalue weighted by Gasteiger charge is -2.30. The highest BCUT2D eigenvalue weighted by Crippen LogP contribution is 2.24. The molecule has 1 aliphatic rings. The van der Waals surface area contributed by atoms with Gasteiger partial charge in [0.05, 0.1) is 12.2 Å².